The molecule has 0 bridgehead atoms. The van der Waals surface area contributed by atoms with Gasteiger partial charge in [-0.1, -0.05) is 0 Å². The van der Waals surface area contributed by atoms with Gasteiger partial charge < -0.3 is 15.2 Å². The molecule has 0 aromatic rings. The standard InChI is InChI=1S/C12H21FN2O3/c1-9(2)11(13)12(17)14-7-10(16)8-15-3-5-18-6-4-15/h10,16H,3-8H2,1-2H3,(H,14,17). The van der Waals surface area contributed by atoms with Crippen LogP contribution in [0.3, 0.4) is 0 Å². The van der Waals surface area contributed by atoms with Gasteiger partial charge in [-0.25, -0.2) is 4.39 Å². The minimum Gasteiger partial charge on any atom is -0.390 e. The third-order valence-electron chi connectivity index (χ3n) is 2.71. The number of β-amino-alcohol motifs (C(OH)–C–C–N with tert-alkyl or cyclic N) is 1. The molecule has 1 rings (SSSR count). The van der Waals surface area contributed by atoms with Crippen LogP contribution in [-0.4, -0.2) is 61.4 Å². The summed E-state index contributed by atoms with van der Waals surface area (Å²) in [6.45, 7) is 6.42. The first-order chi connectivity index (χ1) is 8.50. The fourth-order valence-corrected chi connectivity index (χ4v) is 1.66. The number of aliphatic hydroxyl groups excluding tert-OH is 1. The summed E-state index contributed by atoms with van der Waals surface area (Å²) in [4.78, 5) is 13.3. The zero-order valence-electron chi connectivity index (χ0n) is 10.9. The number of nitrogens with zero attached hydrogens (tertiary/aromatic N) is 1. The van der Waals surface area contributed by atoms with Crippen molar-refractivity contribution in [3.8, 4) is 0 Å². The van der Waals surface area contributed by atoms with Gasteiger partial charge in [-0.3, -0.25) is 9.69 Å². The second-order valence-corrected chi connectivity index (χ2v) is 4.59. The first-order valence-electron chi connectivity index (χ1n) is 6.10. The van der Waals surface area contributed by atoms with Gasteiger partial charge in [0, 0.05) is 26.2 Å². The molecule has 0 aliphatic carbocycles. The topological polar surface area (TPSA) is 61.8 Å². The van der Waals surface area contributed by atoms with Crippen LogP contribution in [0.15, 0.2) is 11.4 Å². The van der Waals surface area contributed by atoms with Crippen molar-refractivity contribution in [1.29, 1.82) is 0 Å². The largest absolute Gasteiger partial charge is 0.390 e. The first kappa shape index (κ1) is 15.1. The Kier molecular flexibility index (Phi) is 6.24. The molecule has 1 amide bonds. The zero-order valence-corrected chi connectivity index (χ0v) is 10.9. The van der Waals surface area contributed by atoms with Crippen molar-refractivity contribution in [2.45, 2.75) is 20.0 Å². The number of rotatable bonds is 5. The normalized spacial score (nSPS) is 18.2. The summed E-state index contributed by atoms with van der Waals surface area (Å²) in [5.41, 5.74) is 0.329. The molecule has 1 heterocycles. The number of carbonyl (C=O) groups is 1. The third kappa shape index (κ3) is 5.12. The smallest absolute Gasteiger partial charge is 0.280 e. The summed E-state index contributed by atoms with van der Waals surface area (Å²) < 4.78 is 18.4. The molecule has 1 saturated heterocycles. The van der Waals surface area contributed by atoms with Crippen molar-refractivity contribution in [3.63, 3.8) is 0 Å². The van der Waals surface area contributed by atoms with Gasteiger partial charge in [-0.15, -0.1) is 0 Å². The molecule has 0 spiro atoms. The highest BCUT2D eigenvalue weighted by Gasteiger charge is 2.16. The van der Waals surface area contributed by atoms with Crippen molar-refractivity contribution >= 4 is 5.91 Å². The highest BCUT2D eigenvalue weighted by atomic mass is 19.1. The monoisotopic (exact) mass is 260 g/mol. The summed E-state index contributed by atoms with van der Waals surface area (Å²) in [7, 11) is 0. The van der Waals surface area contributed by atoms with Gasteiger partial charge in [0.05, 0.1) is 19.3 Å². The minimum absolute atomic E-state index is 0.0525. The maximum atomic E-state index is 13.2. The van der Waals surface area contributed by atoms with E-state index in [1.54, 1.807) is 0 Å². The van der Waals surface area contributed by atoms with E-state index in [2.05, 4.69) is 10.2 Å². The molecule has 6 heteroatoms. The number of nitrogens with one attached hydrogen (secondary N) is 1. The Morgan fingerprint density at radius 1 is 1.44 bits per heavy atom. The number of carbonyl (C=O) groups excluding carboxylic acids is 1. The molecule has 0 radical (unpaired) electrons. The fourth-order valence-electron chi connectivity index (χ4n) is 1.66. The molecule has 0 aromatic heterocycles. The Bertz CT molecular complexity index is 310. The van der Waals surface area contributed by atoms with Crippen LogP contribution in [0, 0.1) is 0 Å². The third-order valence-corrected chi connectivity index (χ3v) is 2.71. The van der Waals surface area contributed by atoms with Crippen LogP contribution in [-0.2, 0) is 9.53 Å². The van der Waals surface area contributed by atoms with Crippen molar-refractivity contribution in [2.24, 2.45) is 0 Å². The maximum Gasteiger partial charge on any atom is 0.280 e. The van der Waals surface area contributed by atoms with E-state index in [-0.39, 0.29) is 6.54 Å². The lowest BCUT2D eigenvalue weighted by atomic mass is 10.2. The molecule has 18 heavy (non-hydrogen) atoms. The van der Waals surface area contributed by atoms with Crippen molar-refractivity contribution < 1.29 is 19.0 Å². The maximum absolute atomic E-state index is 13.2. The van der Waals surface area contributed by atoms with Gasteiger partial charge in [-0.05, 0) is 19.4 Å². The number of allylic oxidation sites excluding steroid dienone is 1. The van der Waals surface area contributed by atoms with Gasteiger partial charge in [0.15, 0.2) is 5.83 Å². The highest BCUT2D eigenvalue weighted by molar-refractivity contribution is 5.91. The SMILES string of the molecule is CC(C)=C(F)C(=O)NCC(O)CN1CCOCC1. The predicted molar refractivity (Wildman–Crippen MR) is 65.8 cm³/mol. The number of hydrogen-bond acceptors (Lipinski definition) is 4. The summed E-state index contributed by atoms with van der Waals surface area (Å²) >= 11 is 0. The fraction of sp³-hybridized carbons (Fsp3) is 0.750. The number of hydrogen-bond donors (Lipinski definition) is 2. The van der Waals surface area contributed by atoms with Crippen LogP contribution in [0.4, 0.5) is 4.39 Å². The van der Waals surface area contributed by atoms with Gasteiger partial charge in [0.25, 0.3) is 5.91 Å². The average molecular weight is 260 g/mol. The van der Waals surface area contributed by atoms with Crippen molar-refractivity contribution in [2.75, 3.05) is 39.4 Å². The molecule has 1 atom stereocenters. The van der Waals surface area contributed by atoms with Crippen molar-refractivity contribution in [1.82, 2.24) is 10.2 Å². The van der Waals surface area contributed by atoms with E-state index in [9.17, 15) is 14.3 Å². The molecular weight excluding hydrogens is 239 g/mol. The van der Waals surface area contributed by atoms with Crippen molar-refractivity contribution in [3.05, 3.63) is 11.4 Å². The van der Waals surface area contributed by atoms with E-state index in [1.807, 2.05) is 0 Å². The van der Waals surface area contributed by atoms with Crippen LogP contribution in [0.2, 0.25) is 0 Å². The summed E-state index contributed by atoms with van der Waals surface area (Å²) in [6, 6.07) is 0. The van der Waals surface area contributed by atoms with E-state index in [1.165, 1.54) is 13.8 Å². The Morgan fingerprint density at radius 3 is 2.61 bits per heavy atom. The lowest BCUT2D eigenvalue weighted by Crippen LogP contribution is -2.44. The number of halogens is 1. The van der Waals surface area contributed by atoms with Gasteiger partial charge >= 0.3 is 0 Å². The van der Waals surface area contributed by atoms with E-state index in [0.717, 1.165) is 13.1 Å². The van der Waals surface area contributed by atoms with Crippen LogP contribution < -0.4 is 5.32 Å². The molecule has 5 nitrogen and oxygen atoms in total. The van der Waals surface area contributed by atoms with E-state index >= 15 is 0 Å². The van der Waals surface area contributed by atoms with Crippen LogP contribution in [0.1, 0.15) is 13.8 Å². The molecule has 0 aromatic carbocycles. The second kappa shape index (κ2) is 7.45. The minimum atomic E-state index is -0.784. The van der Waals surface area contributed by atoms with E-state index in [0.29, 0.717) is 25.3 Å². The predicted octanol–water partition coefficient (Wildman–Crippen LogP) is 0.0591. The van der Waals surface area contributed by atoms with Crippen LogP contribution >= 0.6 is 0 Å². The molecule has 1 aliphatic heterocycles. The lowest BCUT2D eigenvalue weighted by molar-refractivity contribution is -0.119. The average Bonchev–Trinajstić information content (AvgIpc) is 2.36. The Balaban J connectivity index is 2.26. The summed E-state index contributed by atoms with van der Waals surface area (Å²) in [5, 5.41) is 12.1. The van der Waals surface area contributed by atoms with Gasteiger partial charge in [0.1, 0.15) is 0 Å². The molecule has 2 N–H and O–H groups in total. The number of ether oxygens (including phenoxy) is 1. The Morgan fingerprint density at radius 2 is 2.06 bits per heavy atom. The van der Waals surface area contributed by atoms with E-state index < -0.39 is 17.8 Å². The Labute approximate surface area is 107 Å². The lowest BCUT2D eigenvalue weighted by Gasteiger charge is -2.28. The van der Waals surface area contributed by atoms with Crippen LogP contribution in [0.5, 0.6) is 0 Å². The Hall–Kier alpha value is -0.980. The summed E-state index contributed by atoms with van der Waals surface area (Å²) in [5.74, 6) is -1.55. The van der Waals surface area contributed by atoms with Gasteiger partial charge in [0.2, 0.25) is 0 Å². The van der Waals surface area contributed by atoms with E-state index in [4.69, 9.17) is 4.74 Å². The van der Waals surface area contributed by atoms with Gasteiger partial charge in [-0.2, -0.15) is 0 Å². The second-order valence-electron chi connectivity index (χ2n) is 4.59. The van der Waals surface area contributed by atoms with Crippen LogP contribution in [0.25, 0.3) is 0 Å². The highest BCUT2D eigenvalue weighted by Crippen LogP contribution is 2.04. The number of amides is 1. The summed E-state index contributed by atoms with van der Waals surface area (Å²) in [6.07, 6.45) is -0.697. The molecule has 1 aliphatic rings. The molecule has 1 unspecified atom stereocenters. The molecule has 0 saturated carbocycles. The quantitative estimate of drug-likeness (QED) is 0.686. The molecular formula is C12H21FN2O3. The molecule has 1 fully saturated rings. The first-order valence-corrected chi connectivity index (χ1v) is 6.10. The zero-order chi connectivity index (χ0) is 13.5. The molecule has 104 valence electrons. The number of morpholine rings is 1. The number of aliphatic hydroxyl groups is 1.